The molecule has 0 aliphatic heterocycles. The molecule has 0 aliphatic carbocycles. The van der Waals surface area contributed by atoms with Gasteiger partial charge in [-0.05, 0) is 58.9 Å². The maximum absolute atomic E-state index is 14.8. The molecule has 55 heavy (non-hydrogen) atoms. The van der Waals surface area contributed by atoms with Crippen LogP contribution in [0.15, 0.2) is 128 Å². The largest absolute Gasteiger partial charge is 0.461 e. The lowest BCUT2D eigenvalue weighted by Crippen LogP contribution is -2.53. The van der Waals surface area contributed by atoms with E-state index in [2.05, 4.69) is 11.4 Å². The van der Waals surface area contributed by atoms with Crippen molar-refractivity contribution in [1.29, 1.82) is 0 Å². The van der Waals surface area contributed by atoms with Crippen molar-refractivity contribution in [3.8, 4) is 0 Å². The summed E-state index contributed by atoms with van der Waals surface area (Å²) in [6.07, 6.45) is 2.51. The minimum absolute atomic E-state index is 0.0179. The van der Waals surface area contributed by atoms with Gasteiger partial charge < -0.3 is 25.3 Å². The van der Waals surface area contributed by atoms with Crippen molar-refractivity contribution >= 4 is 57.0 Å². The SMILES string of the molecule is CCCN(C(=O)[C@H](CCC(=O)OCc1ccccc1)NC(=O)c1cn(Cc2ccccc2Cl)c2ccccc12)[C@H](CC(N)=O)Cc1ccc2ccccc2c1. The van der Waals surface area contributed by atoms with E-state index in [0.717, 1.165) is 33.0 Å². The zero-order valence-corrected chi connectivity index (χ0v) is 31.6. The van der Waals surface area contributed by atoms with Gasteiger partial charge in [-0.15, -0.1) is 0 Å². The molecule has 3 amide bonds. The lowest BCUT2D eigenvalue weighted by Gasteiger charge is -2.34. The van der Waals surface area contributed by atoms with Gasteiger partial charge in [-0.3, -0.25) is 19.2 Å². The molecule has 0 saturated carbocycles. The Bertz CT molecular complexity index is 2290. The van der Waals surface area contributed by atoms with Gasteiger partial charge in [0.05, 0.1) is 5.56 Å². The molecular weight excluding hydrogens is 712 g/mol. The summed E-state index contributed by atoms with van der Waals surface area (Å²) in [7, 11) is 0. The average Bonchev–Trinajstić information content (AvgIpc) is 3.56. The second-order valence-electron chi connectivity index (χ2n) is 13.7. The zero-order chi connectivity index (χ0) is 38.7. The van der Waals surface area contributed by atoms with E-state index in [1.807, 2.05) is 127 Å². The highest BCUT2D eigenvalue weighted by Crippen LogP contribution is 2.26. The van der Waals surface area contributed by atoms with Gasteiger partial charge in [0.15, 0.2) is 0 Å². The quantitative estimate of drug-likeness (QED) is 0.0919. The minimum atomic E-state index is -1.11. The maximum atomic E-state index is 14.8. The smallest absolute Gasteiger partial charge is 0.306 e. The number of esters is 1. The summed E-state index contributed by atoms with van der Waals surface area (Å²) >= 11 is 6.50. The van der Waals surface area contributed by atoms with Gasteiger partial charge in [0.1, 0.15) is 12.6 Å². The second-order valence-corrected chi connectivity index (χ2v) is 14.1. The molecule has 10 heteroatoms. The number of amides is 3. The Hall–Kier alpha value is -5.93. The molecule has 282 valence electrons. The Morgan fingerprint density at radius 2 is 1.55 bits per heavy atom. The molecular formula is C45H45ClN4O5. The van der Waals surface area contributed by atoms with Crippen LogP contribution in [0.3, 0.4) is 0 Å². The number of fused-ring (bicyclic) bond motifs is 2. The highest BCUT2D eigenvalue weighted by Gasteiger charge is 2.33. The van der Waals surface area contributed by atoms with Crippen molar-refractivity contribution < 1.29 is 23.9 Å². The first-order valence-electron chi connectivity index (χ1n) is 18.6. The summed E-state index contributed by atoms with van der Waals surface area (Å²) in [5.74, 6) is -1.92. The van der Waals surface area contributed by atoms with Crippen LogP contribution >= 0.6 is 11.6 Å². The van der Waals surface area contributed by atoms with Crippen molar-refractivity contribution in [1.82, 2.24) is 14.8 Å². The number of carbonyl (C=O) groups is 4. The van der Waals surface area contributed by atoms with E-state index in [4.69, 9.17) is 22.1 Å². The number of aromatic nitrogens is 1. The van der Waals surface area contributed by atoms with Crippen LogP contribution in [0.5, 0.6) is 0 Å². The van der Waals surface area contributed by atoms with E-state index in [1.165, 1.54) is 0 Å². The number of carbonyl (C=O) groups excluding carboxylic acids is 4. The number of hydrogen-bond donors (Lipinski definition) is 2. The molecule has 9 nitrogen and oxygen atoms in total. The first-order valence-corrected chi connectivity index (χ1v) is 19.0. The summed E-state index contributed by atoms with van der Waals surface area (Å²) in [5.41, 5.74) is 9.65. The number of para-hydroxylation sites is 1. The van der Waals surface area contributed by atoms with Crippen LogP contribution in [0.25, 0.3) is 21.7 Å². The monoisotopic (exact) mass is 756 g/mol. The van der Waals surface area contributed by atoms with Crippen molar-refractivity contribution in [2.75, 3.05) is 6.54 Å². The van der Waals surface area contributed by atoms with Crippen LogP contribution < -0.4 is 11.1 Å². The molecule has 0 unspecified atom stereocenters. The molecule has 0 aliphatic rings. The predicted octanol–water partition coefficient (Wildman–Crippen LogP) is 7.84. The number of nitrogens with one attached hydrogen (secondary N) is 1. The summed E-state index contributed by atoms with van der Waals surface area (Å²) in [6, 6.07) is 36.8. The molecule has 6 aromatic rings. The van der Waals surface area contributed by atoms with Crippen molar-refractivity contribution in [3.63, 3.8) is 0 Å². The molecule has 1 aromatic heterocycles. The number of hydrogen-bond acceptors (Lipinski definition) is 5. The van der Waals surface area contributed by atoms with Gasteiger partial charge in [-0.25, -0.2) is 0 Å². The van der Waals surface area contributed by atoms with E-state index in [1.54, 1.807) is 11.1 Å². The van der Waals surface area contributed by atoms with Gasteiger partial charge in [0, 0.05) is 54.1 Å². The first kappa shape index (κ1) is 38.8. The van der Waals surface area contributed by atoms with Gasteiger partial charge in [-0.2, -0.15) is 0 Å². The number of nitrogens with zero attached hydrogens (tertiary/aromatic N) is 2. The van der Waals surface area contributed by atoms with Crippen LogP contribution in [0, 0.1) is 0 Å². The van der Waals surface area contributed by atoms with Gasteiger partial charge in [0.2, 0.25) is 11.8 Å². The normalized spacial score (nSPS) is 12.3. The molecule has 0 saturated heterocycles. The third-order valence-electron chi connectivity index (χ3n) is 9.73. The second kappa shape index (κ2) is 18.4. The first-order chi connectivity index (χ1) is 26.7. The maximum Gasteiger partial charge on any atom is 0.306 e. The fourth-order valence-electron chi connectivity index (χ4n) is 7.01. The molecule has 0 radical (unpaired) electrons. The Morgan fingerprint density at radius 3 is 2.31 bits per heavy atom. The molecule has 1 heterocycles. The zero-order valence-electron chi connectivity index (χ0n) is 30.8. The molecule has 0 spiro atoms. The van der Waals surface area contributed by atoms with Crippen LogP contribution in [0.4, 0.5) is 0 Å². The fourth-order valence-corrected chi connectivity index (χ4v) is 7.21. The Morgan fingerprint density at radius 1 is 0.836 bits per heavy atom. The lowest BCUT2D eigenvalue weighted by atomic mass is 9.97. The van der Waals surface area contributed by atoms with E-state index in [9.17, 15) is 19.2 Å². The van der Waals surface area contributed by atoms with Crippen LogP contribution in [0.2, 0.25) is 5.02 Å². The summed E-state index contributed by atoms with van der Waals surface area (Å²) in [5, 5.41) is 6.42. The molecule has 3 N–H and O–H groups in total. The molecule has 2 atom stereocenters. The number of benzene rings is 5. The third-order valence-corrected chi connectivity index (χ3v) is 10.1. The molecule has 0 bridgehead atoms. The standard InChI is InChI=1S/C45H45ClN4O5/c1-2-24-50(36(27-42(47)51)26-32-20-21-33-14-6-7-15-34(33)25-32)45(54)40(22-23-43(52)55-30-31-12-4-3-5-13-31)48-44(53)38-29-49(41-19-11-9-17-37(38)41)28-35-16-8-10-18-39(35)46/h3-21,25,29,36,40H,2,22-24,26-28,30H2,1H3,(H2,47,51)(H,48,53)/t36-,40-/m0/s1. The van der Waals surface area contributed by atoms with E-state index in [-0.39, 0.29) is 25.9 Å². The lowest BCUT2D eigenvalue weighted by molar-refractivity contribution is -0.145. The Balaban J connectivity index is 1.29. The number of nitrogens with two attached hydrogens (primary N) is 1. The Labute approximate surface area is 326 Å². The average molecular weight is 757 g/mol. The van der Waals surface area contributed by atoms with Crippen LogP contribution in [0.1, 0.15) is 59.7 Å². The Kier molecular flexibility index (Phi) is 13.0. The van der Waals surface area contributed by atoms with E-state index >= 15 is 0 Å². The van der Waals surface area contributed by atoms with Crippen molar-refractivity contribution in [3.05, 3.63) is 155 Å². The number of halogens is 1. The number of primary amides is 1. The third kappa shape index (κ3) is 9.99. The number of rotatable bonds is 17. The highest BCUT2D eigenvalue weighted by molar-refractivity contribution is 6.31. The van der Waals surface area contributed by atoms with E-state index < -0.39 is 35.8 Å². The summed E-state index contributed by atoms with van der Waals surface area (Å²) in [6.45, 7) is 2.77. The topological polar surface area (TPSA) is 124 Å². The van der Waals surface area contributed by atoms with Crippen molar-refractivity contribution in [2.24, 2.45) is 5.73 Å². The van der Waals surface area contributed by atoms with Crippen LogP contribution in [-0.2, 0) is 38.7 Å². The van der Waals surface area contributed by atoms with Crippen LogP contribution in [-0.4, -0.2) is 51.8 Å². The van der Waals surface area contributed by atoms with Crippen molar-refractivity contribution in [2.45, 2.75) is 64.3 Å². The van der Waals surface area contributed by atoms with E-state index in [0.29, 0.717) is 41.9 Å². The minimum Gasteiger partial charge on any atom is -0.461 e. The summed E-state index contributed by atoms with van der Waals surface area (Å²) in [4.78, 5) is 56.3. The molecule has 5 aromatic carbocycles. The predicted molar refractivity (Wildman–Crippen MR) is 216 cm³/mol. The molecule has 6 rings (SSSR count). The van der Waals surface area contributed by atoms with Gasteiger partial charge in [-0.1, -0.05) is 128 Å². The highest BCUT2D eigenvalue weighted by atomic mass is 35.5. The number of ether oxygens (including phenoxy) is 1. The summed E-state index contributed by atoms with van der Waals surface area (Å²) < 4.78 is 7.50. The molecule has 0 fully saturated rings. The fraction of sp³-hybridized carbons (Fsp3) is 0.244. The van der Waals surface area contributed by atoms with Gasteiger partial charge in [0.25, 0.3) is 5.91 Å². The van der Waals surface area contributed by atoms with Gasteiger partial charge >= 0.3 is 5.97 Å².